The summed E-state index contributed by atoms with van der Waals surface area (Å²) in [6.07, 6.45) is -0.0143. The first-order valence-electron chi connectivity index (χ1n) is 4.33. The molecule has 0 spiro atoms. The van der Waals surface area contributed by atoms with Crippen molar-refractivity contribution < 1.29 is 19.1 Å². The average Bonchev–Trinajstić information content (AvgIpc) is 2.00. The fourth-order valence-corrected chi connectivity index (χ4v) is 0.753. The number of nitrogens with one attached hydrogen (secondary N) is 1. The molecule has 0 heterocycles. The molecule has 0 saturated carbocycles. The van der Waals surface area contributed by atoms with Crippen molar-refractivity contribution in [3.8, 4) is 0 Å². The van der Waals surface area contributed by atoms with Crippen molar-refractivity contribution in [2.24, 2.45) is 0 Å². The molecule has 5 nitrogen and oxygen atoms in total. The summed E-state index contributed by atoms with van der Waals surface area (Å²) in [6.45, 7) is 5.39. The van der Waals surface area contributed by atoms with Crippen LogP contribution in [-0.4, -0.2) is 37.7 Å². The van der Waals surface area contributed by atoms with Crippen molar-refractivity contribution in [1.82, 2.24) is 5.32 Å². The second kappa shape index (κ2) is 5.59. The van der Waals surface area contributed by atoms with Gasteiger partial charge in [0.25, 0.3) is 0 Å². The topological polar surface area (TPSA) is 64.6 Å². The largest absolute Gasteiger partial charge is 0.444 e. The SMILES string of the molecule is COCC(C=O)NC(=O)OC(C)(C)C. The Hall–Kier alpha value is -1.10. The molecule has 0 saturated heterocycles. The van der Waals surface area contributed by atoms with Gasteiger partial charge in [-0.25, -0.2) is 4.79 Å². The number of hydrogen-bond acceptors (Lipinski definition) is 4. The molecule has 1 N–H and O–H groups in total. The van der Waals surface area contributed by atoms with Crippen LogP contribution >= 0.6 is 0 Å². The fourth-order valence-electron chi connectivity index (χ4n) is 0.753. The number of ether oxygens (including phenoxy) is 2. The van der Waals surface area contributed by atoms with Gasteiger partial charge >= 0.3 is 6.09 Å². The molecule has 14 heavy (non-hydrogen) atoms. The molecule has 0 fully saturated rings. The molecule has 0 aromatic rings. The molecule has 0 aliphatic carbocycles. The lowest BCUT2D eigenvalue weighted by atomic mass is 10.2. The molecule has 0 aromatic carbocycles. The Balaban J connectivity index is 3.97. The normalized spacial score (nSPS) is 13.1. The van der Waals surface area contributed by atoms with E-state index in [4.69, 9.17) is 9.47 Å². The van der Waals surface area contributed by atoms with E-state index in [0.717, 1.165) is 0 Å². The molecule has 1 amide bonds. The van der Waals surface area contributed by atoms with E-state index in [1.807, 2.05) is 0 Å². The summed E-state index contributed by atoms with van der Waals surface area (Å²) < 4.78 is 9.68. The molecule has 0 radical (unpaired) electrons. The highest BCUT2D eigenvalue weighted by Gasteiger charge is 2.18. The van der Waals surface area contributed by atoms with Gasteiger partial charge in [-0.1, -0.05) is 0 Å². The number of hydrogen-bond donors (Lipinski definition) is 1. The first-order valence-corrected chi connectivity index (χ1v) is 4.33. The molecule has 0 bridgehead atoms. The van der Waals surface area contributed by atoms with Gasteiger partial charge in [0.2, 0.25) is 0 Å². The van der Waals surface area contributed by atoms with E-state index < -0.39 is 17.7 Å². The summed E-state index contributed by atoms with van der Waals surface area (Å²) in [5.41, 5.74) is -0.565. The average molecular weight is 203 g/mol. The maximum absolute atomic E-state index is 11.2. The van der Waals surface area contributed by atoms with E-state index in [0.29, 0.717) is 6.29 Å². The fraction of sp³-hybridized carbons (Fsp3) is 0.778. The third-order valence-corrected chi connectivity index (χ3v) is 1.21. The van der Waals surface area contributed by atoms with E-state index >= 15 is 0 Å². The summed E-state index contributed by atoms with van der Waals surface area (Å²) in [6, 6.07) is -0.658. The first-order chi connectivity index (χ1) is 6.39. The highest BCUT2D eigenvalue weighted by Crippen LogP contribution is 2.06. The van der Waals surface area contributed by atoms with E-state index in [-0.39, 0.29) is 6.61 Å². The van der Waals surface area contributed by atoms with Crippen molar-refractivity contribution in [3.05, 3.63) is 0 Å². The molecule has 1 unspecified atom stereocenters. The number of carbonyl (C=O) groups excluding carboxylic acids is 2. The van der Waals surface area contributed by atoms with Crippen LogP contribution in [0.2, 0.25) is 0 Å². The van der Waals surface area contributed by atoms with Gasteiger partial charge < -0.3 is 19.6 Å². The second-order valence-electron chi connectivity index (χ2n) is 3.84. The van der Waals surface area contributed by atoms with Gasteiger partial charge in [-0.3, -0.25) is 0 Å². The molecule has 5 heteroatoms. The van der Waals surface area contributed by atoms with Crippen LogP contribution < -0.4 is 5.32 Å². The Morgan fingerprint density at radius 2 is 2.07 bits per heavy atom. The van der Waals surface area contributed by atoms with Crippen molar-refractivity contribution in [2.45, 2.75) is 32.4 Å². The van der Waals surface area contributed by atoms with Crippen LogP contribution in [0.15, 0.2) is 0 Å². The number of carbonyl (C=O) groups is 2. The Morgan fingerprint density at radius 3 is 2.43 bits per heavy atom. The third kappa shape index (κ3) is 6.42. The van der Waals surface area contributed by atoms with Crippen molar-refractivity contribution in [2.75, 3.05) is 13.7 Å². The third-order valence-electron chi connectivity index (χ3n) is 1.21. The van der Waals surface area contributed by atoms with Gasteiger partial charge in [0.1, 0.15) is 17.9 Å². The van der Waals surface area contributed by atoms with Crippen LogP contribution in [-0.2, 0) is 14.3 Å². The van der Waals surface area contributed by atoms with E-state index in [9.17, 15) is 9.59 Å². The predicted molar refractivity (Wildman–Crippen MR) is 51.1 cm³/mol. The minimum atomic E-state index is -0.658. The van der Waals surface area contributed by atoms with Crippen molar-refractivity contribution in [3.63, 3.8) is 0 Å². The molecule has 0 aromatic heterocycles. The number of amides is 1. The monoisotopic (exact) mass is 203 g/mol. The number of alkyl carbamates (subject to hydrolysis) is 1. The zero-order valence-corrected chi connectivity index (χ0v) is 8.99. The van der Waals surface area contributed by atoms with E-state index in [1.54, 1.807) is 20.8 Å². The Kier molecular flexibility index (Phi) is 5.15. The van der Waals surface area contributed by atoms with Gasteiger partial charge in [0.15, 0.2) is 0 Å². The van der Waals surface area contributed by atoms with Crippen molar-refractivity contribution >= 4 is 12.4 Å². The van der Waals surface area contributed by atoms with Crippen LogP contribution in [0.25, 0.3) is 0 Å². The highest BCUT2D eigenvalue weighted by atomic mass is 16.6. The van der Waals surface area contributed by atoms with Gasteiger partial charge in [0.05, 0.1) is 6.61 Å². The molecule has 82 valence electrons. The first kappa shape index (κ1) is 12.9. The lowest BCUT2D eigenvalue weighted by Gasteiger charge is -2.21. The lowest BCUT2D eigenvalue weighted by molar-refractivity contribution is -0.110. The van der Waals surface area contributed by atoms with Gasteiger partial charge in [-0.05, 0) is 20.8 Å². The zero-order valence-electron chi connectivity index (χ0n) is 8.99. The van der Waals surface area contributed by atoms with Crippen LogP contribution in [0.5, 0.6) is 0 Å². The minimum Gasteiger partial charge on any atom is -0.444 e. The zero-order chi connectivity index (χ0) is 11.2. The van der Waals surface area contributed by atoms with Crippen molar-refractivity contribution in [1.29, 1.82) is 0 Å². The molecular weight excluding hydrogens is 186 g/mol. The van der Waals surface area contributed by atoms with Crippen LogP contribution in [0, 0.1) is 0 Å². The summed E-state index contributed by atoms with van der Waals surface area (Å²) >= 11 is 0. The minimum absolute atomic E-state index is 0.142. The van der Waals surface area contributed by atoms with Crippen LogP contribution in [0.3, 0.4) is 0 Å². The molecule has 0 aliphatic heterocycles. The molecule has 0 rings (SSSR count). The maximum Gasteiger partial charge on any atom is 0.408 e. The predicted octanol–water partition coefficient (Wildman–Crippen LogP) is 0.725. The molecular formula is C9H17NO4. The van der Waals surface area contributed by atoms with Gasteiger partial charge in [-0.2, -0.15) is 0 Å². The van der Waals surface area contributed by atoms with E-state index in [2.05, 4.69) is 5.32 Å². The highest BCUT2D eigenvalue weighted by molar-refractivity contribution is 5.73. The van der Waals surface area contributed by atoms with Crippen LogP contribution in [0.1, 0.15) is 20.8 Å². The smallest absolute Gasteiger partial charge is 0.408 e. The van der Waals surface area contributed by atoms with Gasteiger partial charge in [0, 0.05) is 7.11 Å². The van der Waals surface area contributed by atoms with Crippen LogP contribution in [0.4, 0.5) is 4.79 Å². The molecule has 0 aliphatic rings. The standard InChI is InChI=1S/C9H17NO4/c1-9(2,3)14-8(12)10-7(5-11)6-13-4/h5,7H,6H2,1-4H3,(H,10,12). The Bertz CT molecular complexity index is 197. The second-order valence-corrected chi connectivity index (χ2v) is 3.84. The summed E-state index contributed by atoms with van der Waals surface area (Å²) in [7, 11) is 1.45. The lowest BCUT2D eigenvalue weighted by Crippen LogP contribution is -2.42. The number of aldehydes is 1. The summed E-state index contributed by atoms with van der Waals surface area (Å²) in [4.78, 5) is 21.6. The summed E-state index contributed by atoms with van der Waals surface area (Å²) in [5, 5.41) is 2.37. The summed E-state index contributed by atoms with van der Waals surface area (Å²) in [5.74, 6) is 0. The number of methoxy groups -OCH3 is 1. The van der Waals surface area contributed by atoms with E-state index in [1.165, 1.54) is 7.11 Å². The Labute approximate surface area is 83.8 Å². The number of rotatable bonds is 4. The maximum atomic E-state index is 11.2. The molecule has 1 atom stereocenters. The Morgan fingerprint density at radius 1 is 1.50 bits per heavy atom. The van der Waals surface area contributed by atoms with Gasteiger partial charge in [-0.15, -0.1) is 0 Å². The quantitative estimate of drug-likeness (QED) is 0.684.